The third-order valence-corrected chi connectivity index (χ3v) is 3.57. The van der Waals surface area contributed by atoms with Gasteiger partial charge >= 0.3 is 0 Å². The maximum atomic E-state index is 11.8. The lowest BCUT2D eigenvalue weighted by Crippen LogP contribution is -2.27. The molecule has 2 aromatic rings. The maximum Gasteiger partial charge on any atom is 0.230 e. The Hall–Kier alpha value is -1.95. The summed E-state index contributed by atoms with van der Waals surface area (Å²) in [6.45, 7) is 4.43. The summed E-state index contributed by atoms with van der Waals surface area (Å²) < 4.78 is 0. The summed E-state index contributed by atoms with van der Waals surface area (Å²) in [6.07, 6.45) is 2.49. The van der Waals surface area contributed by atoms with Crippen molar-refractivity contribution in [2.75, 3.05) is 12.3 Å². The fourth-order valence-electron chi connectivity index (χ4n) is 1.82. The Kier molecular flexibility index (Phi) is 5.68. The first kappa shape index (κ1) is 15.4. The van der Waals surface area contributed by atoms with E-state index in [1.807, 2.05) is 38.1 Å². The molecule has 1 amide bonds. The molecule has 0 saturated carbocycles. The smallest absolute Gasteiger partial charge is 0.230 e. The minimum absolute atomic E-state index is 0.0151. The maximum absolute atomic E-state index is 11.8. The van der Waals surface area contributed by atoms with Crippen LogP contribution in [-0.4, -0.2) is 33.2 Å². The number of pyridine rings is 1. The highest BCUT2D eigenvalue weighted by Crippen LogP contribution is 2.13. The van der Waals surface area contributed by atoms with Crippen LogP contribution in [0.3, 0.4) is 0 Å². The standard InChI is InChI=1S/C15H18N4OS/c1-11-9-12(2)19-15(18-11)21-10-14(20)17-8-6-13-5-3-4-7-16-13/h3-5,7,9H,6,8,10H2,1-2H3,(H,17,20). The van der Waals surface area contributed by atoms with Gasteiger partial charge in [-0.1, -0.05) is 17.8 Å². The molecule has 2 rings (SSSR count). The Balaban J connectivity index is 1.72. The zero-order valence-electron chi connectivity index (χ0n) is 12.2. The first-order valence-corrected chi connectivity index (χ1v) is 7.74. The highest BCUT2D eigenvalue weighted by atomic mass is 32.2. The molecule has 110 valence electrons. The van der Waals surface area contributed by atoms with Gasteiger partial charge in [0.15, 0.2) is 5.16 Å². The van der Waals surface area contributed by atoms with Crippen LogP contribution in [0, 0.1) is 13.8 Å². The minimum Gasteiger partial charge on any atom is -0.355 e. The number of hydrogen-bond acceptors (Lipinski definition) is 5. The van der Waals surface area contributed by atoms with E-state index in [4.69, 9.17) is 0 Å². The number of carbonyl (C=O) groups excluding carboxylic acids is 1. The van der Waals surface area contributed by atoms with Crippen molar-refractivity contribution in [2.45, 2.75) is 25.4 Å². The van der Waals surface area contributed by atoms with Gasteiger partial charge in [-0.3, -0.25) is 9.78 Å². The van der Waals surface area contributed by atoms with Gasteiger partial charge in [0.05, 0.1) is 5.75 Å². The topological polar surface area (TPSA) is 67.8 Å². The summed E-state index contributed by atoms with van der Waals surface area (Å²) in [6, 6.07) is 7.68. The predicted octanol–water partition coefficient (Wildman–Crippen LogP) is 1.94. The predicted molar refractivity (Wildman–Crippen MR) is 83.2 cm³/mol. The molecule has 0 aromatic carbocycles. The zero-order chi connectivity index (χ0) is 15.1. The molecule has 1 N–H and O–H groups in total. The van der Waals surface area contributed by atoms with E-state index in [0.29, 0.717) is 17.5 Å². The molecule has 0 aliphatic carbocycles. The van der Waals surface area contributed by atoms with E-state index in [2.05, 4.69) is 20.3 Å². The fraction of sp³-hybridized carbons (Fsp3) is 0.333. The minimum atomic E-state index is -0.0151. The Labute approximate surface area is 128 Å². The Morgan fingerprint density at radius 3 is 2.67 bits per heavy atom. The number of nitrogens with one attached hydrogen (secondary N) is 1. The quantitative estimate of drug-likeness (QED) is 0.652. The summed E-state index contributed by atoms with van der Waals surface area (Å²) in [5.74, 6) is 0.309. The highest BCUT2D eigenvalue weighted by Gasteiger charge is 2.06. The van der Waals surface area contributed by atoms with Crippen molar-refractivity contribution in [1.82, 2.24) is 20.3 Å². The molecule has 0 unspecified atom stereocenters. The van der Waals surface area contributed by atoms with Crippen molar-refractivity contribution >= 4 is 17.7 Å². The number of carbonyl (C=O) groups is 1. The fourth-order valence-corrected chi connectivity index (χ4v) is 2.59. The first-order valence-electron chi connectivity index (χ1n) is 6.75. The van der Waals surface area contributed by atoms with E-state index >= 15 is 0 Å². The number of amides is 1. The zero-order valence-corrected chi connectivity index (χ0v) is 13.0. The summed E-state index contributed by atoms with van der Waals surface area (Å²) in [4.78, 5) is 24.6. The number of aryl methyl sites for hydroxylation is 2. The van der Waals surface area contributed by atoms with Gasteiger partial charge in [-0.05, 0) is 32.0 Å². The van der Waals surface area contributed by atoms with Crippen molar-refractivity contribution in [3.8, 4) is 0 Å². The molecule has 5 nitrogen and oxygen atoms in total. The Morgan fingerprint density at radius 2 is 2.00 bits per heavy atom. The summed E-state index contributed by atoms with van der Waals surface area (Å²) in [5.41, 5.74) is 2.81. The third kappa shape index (κ3) is 5.51. The number of nitrogens with zero attached hydrogens (tertiary/aromatic N) is 3. The van der Waals surface area contributed by atoms with Crippen molar-refractivity contribution < 1.29 is 4.79 Å². The van der Waals surface area contributed by atoms with Crippen LogP contribution in [0.15, 0.2) is 35.6 Å². The number of rotatable bonds is 6. The second-order valence-corrected chi connectivity index (χ2v) is 5.59. The molecule has 0 fully saturated rings. The van der Waals surface area contributed by atoms with Gasteiger partial charge in [-0.2, -0.15) is 0 Å². The molecule has 0 bridgehead atoms. The van der Waals surface area contributed by atoms with Crippen molar-refractivity contribution in [3.05, 3.63) is 47.5 Å². The molecule has 0 atom stereocenters. The van der Waals surface area contributed by atoms with E-state index in [0.717, 1.165) is 23.5 Å². The van der Waals surface area contributed by atoms with Crippen LogP contribution in [0.1, 0.15) is 17.1 Å². The summed E-state index contributed by atoms with van der Waals surface area (Å²) in [5, 5.41) is 3.52. The molecule has 21 heavy (non-hydrogen) atoms. The molecule has 0 spiro atoms. The Morgan fingerprint density at radius 1 is 1.24 bits per heavy atom. The molecule has 0 saturated heterocycles. The van der Waals surface area contributed by atoms with Crippen molar-refractivity contribution in [1.29, 1.82) is 0 Å². The molecule has 0 aliphatic rings. The van der Waals surface area contributed by atoms with Crippen molar-refractivity contribution in [2.24, 2.45) is 0 Å². The van der Waals surface area contributed by atoms with E-state index in [1.54, 1.807) is 6.20 Å². The Bertz CT molecular complexity index is 584. The van der Waals surface area contributed by atoms with Gasteiger partial charge in [0.1, 0.15) is 0 Å². The molecule has 0 radical (unpaired) electrons. The van der Waals surface area contributed by atoms with E-state index in [-0.39, 0.29) is 5.91 Å². The number of hydrogen-bond donors (Lipinski definition) is 1. The lowest BCUT2D eigenvalue weighted by atomic mass is 10.3. The summed E-state index contributed by atoms with van der Waals surface area (Å²) >= 11 is 1.35. The second kappa shape index (κ2) is 7.73. The van der Waals surface area contributed by atoms with Gasteiger partial charge in [-0.15, -0.1) is 0 Å². The van der Waals surface area contributed by atoms with Gasteiger partial charge in [0.2, 0.25) is 5.91 Å². The molecule has 0 aliphatic heterocycles. The van der Waals surface area contributed by atoms with Crippen LogP contribution in [0.5, 0.6) is 0 Å². The van der Waals surface area contributed by atoms with Crippen LogP contribution in [0.25, 0.3) is 0 Å². The normalized spacial score (nSPS) is 10.4. The van der Waals surface area contributed by atoms with E-state index < -0.39 is 0 Å². The SMILES string of the molecule is Cc1cc(C)nc(SCC(=O)NCCc2ccccn2)n1. The van der Waals surface area contributed by atoms with Crippen LogP contribution >= 0.6 is 11.8 Å². The van der Waals surface area contributed by atoms with Gasteiger partial charge in [-0.25, -0.2) is 9.97 Å². The largest absolute Gasteiger partial charge is 0.355 e. The average Bonchev–Trinajstić information content (AvgIpc) is 2.45. The number of aromatic nitrogens is 3. The van der Waals surface area contributed by atoms with Crippen molar-refractivity contribution in [3.63, 3.8) is 0 Å². The van der Waals surface area contributed by atoms with E-state index in [1.165, 1.54) is 11.8 Å². The molecular weight excluding hydrogens is 284 g/mol. The van der Waals surface area contributed by atoms with Crippen LogP contribution in [0.4, 0.5) is 0 Å². The lowest BCUT2D eigenvalue weighted by molar-refractivity contribution is -0.118. The number of thioether (sulfide) groups is 1. The molecular formula is C15H18N4OS. The molecule has 6 heteroatoms. The van der Waals surface area contributed by atoms with Gasteiger partial charge < -0.3 is 5.32 Å². The lowest BCUT2D eigenvalue weighted by Gasteiger charge is -2.05. The average molecular weight is 302 g/mol. The molecule has 2 aromatic heterocycles. The monoisotopic (exact) mass is 302 g/mol. The van der Waals surface area contributed by atoms with Gasteiger partial charge in [0.25, 0.3) is 0 Å². The van der Waals surface area contributed by atoms with Crippen LogP contribution < -0.4 is 5.32 Å². The van der Waals surface area contributed by atoms with Crippen LogP contribution in [-0.2, 0) is 11.2 Å². The highest BCUT2D eigenvalue weighted by molar-refractivity contribution is 7.99. The van der Waals surface area contributed by atoms with Gasteiger partial charge in [0, 0.05) is 36.2 Å². The molecule has 2 heterocycles. The first-order chi connectivity index (χ1) is 10.1. The van der Waals surface area contributed by atoms with E-state index in [9.17, 15) is 4.79 Å². The summed E-state index contributed by atoms with van der Waals surface area (Å²) in [7, 11) is 0. The van der Waals surface area contributed by atoms with Crippen LogP contribution in [0.2, 0.25) is 0 Å². The third-order valence-electron chi connectivity index (χ3n) is 2.72. The second-order valence-electron chi connectivity index (χ2n) is 4.64.